The van der Waals surface area contributed by atoms with E-state index in [2.05, 4.69) is 6.92 Å². The minimum Gasteiger partial charge on any atom is -0.282 e. The number of carbonyl (C=O) groups is 2. The highest BCUT2D eigenvalue weighted by molar-refractivity contribution is 6.06. The molecule has 1 heterocycles. The molecule has 3 aliphatic carbocycles. The van der Waals surface area contributed by atoms with Crippen molar-refractivity contribution >= 4 is 11.8 Å². The molecule has 0 spiro atoms. The molecule has 116 valence electrons. The lowest BCUT2D eigenvalue weighted by Gasteiger charge is -2.33. The van der Waals surface area contributed by atoms with Gasteiger partial charge in [0.15, 0.2) is 0 Å². The minimum atomic E-state index is 0.0694. The van der Waals surface area contributed by atoms with E-state index in [4.69, 9.17) is 0 Å². The van der Waals surface area contributed by atoms with Crippen LogP contribution in [0.1, 0.15) is 58.3 Å². The quantitative estimate of drug-likeness (QED) is 0.748. The van der Waals surface area contributed by atoms with Gasteiger partial charge in [-0.15, -0.1) is 0 Å². The summed E-state index contributed by atoms with van der Waals surface area (Å²) in [4.78, 5) is 27.2. The number of nitrogens with zero attached hydrogens (tertiary/aromatic N) is 1. The summed E-state index contributed by atoms with van der Waals surface area (Å²) in [7, 11) is 0. The van der Waals surface area contributed by atoms with E-state index in [-0.39, 0.29) is 23.7 Å². The predicted octanol–water partition coefficient (Wildman–Crippen LogP) is 3.23. The smallest absolute Gasteiger partial charge is 0.233 e. The van der Waals surface area contributed by atoms with Crippen LogP contribution < -0.4 is 0 Å². The molecular formula is C18H27NO2. The van der Waals surface area contributed by atoms with Crippen LogP contribution in [0.2, 0.25) is 0 Å². The van der Waals surface area contributed by atoms with Gasteiger partial charge in [-0.2, -0.15) is 0 Å². The molecule has 2 amide bonds. The van der Waals surface area contributed by atoms with E-state index < -0.39 is 0 Å². The summed E-state index contributed by atoms with van der Waals surface area (Å²) in [6, 6.07) is 0. The van der Waals surface area contributed by atoms with Crippen molar-refractivity contribution in [2.75, 3.05) is 6.54 Å². The number of imide groups is 1. The van der Waals surface area contributed by atoms with Crippen molar-refractivity contribution in [2.24, 2.45) is 35.5 Å². The van der Waals surface area contributed by atoms with Crippen molar-refractivity contribution in [3.8, 4) is 0 Å². The van der Waals surface area contributed by atoms with Crippen LogP contribution in [-0.2, 0) is 9.59 Å². The third-order valence-corrected chi connectivity index (χ3v) is 7.03. The van der Waals surface area contributed by atoms with Gasteiger partial charge in [-0.3, -0.25) is 14.5 Å². The van der Waals surface area contributed by atoms with Gasteiger partial charge in [-0.1, -0.05) is 32.6 Å². The number of rotatable bonds is 3. The van der Waals surface area contributed by atoms with Crippen molar-refractivity contribution < 1.29 is 9.59 Å². The zero-order valence-corrected chi connectivity index (χ0v) is 13.1. The first-order chi connectivity index (χ1) is 10.2. The first-order valence-electron chi connectivity index (χ1n) is 9.06. The number of fused-ring (bicyclic) bond motifs is 5. The number of amides is 2. The van der Waals surface area contributed by atoms with Crippen LogP contribution in [0.5, 0.6) is 0 Å². The molecule has 3 nitrogen and oxygen atoms in total. The van der Waals surface area contributed by atoms with Gasteiger partial charge in [0.05, 0.1) is 11.8 Å². The second-order valence-corrected chi connectivity index (χ2v) is 7.88. The molecule has 0 aromatic rings. The van der Waals surface area contributed by atoms with Gasteiger partial charge < -0.3 is 0 Å². The van der Waals surface area contributed by atoms with Crippen molar-refractivity contribution in [3.05, 3.63) is 0 Å². The highest BCUT2D eigenvalue weighted by Crippen LogP contribution is 2.56. The van der Waals surface area contributed by atoms with Crippen LogP contribution >= 0.6 is 0 Å². The highest BCUT2D eigenvalue weighted by Gasteiger charge is 2.60. The Kier molecular flexibility index (Phi) is 3.35. The van der Waals surface area contributed by atoms with Crippen LogP contribution in [0.4, 0.5) is 0 Å². The fourth-order valence-corrected chi connectivity index (χ4v) is 5.95. The molecule has 1 aliphatic heterocycles. The maximum atomic E-state index is 12.8. The summed E-state index contributed by atoms with van der Waals surface area (Å²) in [6.45, 7) is 2.98. The molecule has 21 heavy (non-hydrogen) atoms. The zero-order valence-electron chi connectivity index (χ0n) is 13.1. The Bertz CT molecular complexity index is 432. The SMILES string of the molecule is CC[C@@H]1CCCCC1CN1C(=O)[C@@H]2[C@H]3CC[C@H](C3)[C@@H]2C1=O. The Morgan fingerprint density at radius 3 is 2.05 bits per heavy atom. The van der Waals surface area contributed by atoms with Gasteiger partial charge in [0.1, 0.15) is 0 Å². The monoisotopic (exact) mass is 289 g/mol. The van der Waals surface area contributed by atoms with Crippen molar-refractivity contribution in [1.82, 2.24) is 4.90 Å². The Labute approximate surface area is 127 Å². The standard InChI is InChI=1S/C18H27NO2/c1-2-11-5-3-4-6-14(11)10-19-17(20)15-12-7-8-13(9-12)16(15)18(19)21/h11-16H,2-10H2,1H3/t11-,12-,13+,14?,15+,16-/m1/s1. The maximum absolute atomic E-state index is 12.8. The number of carbonyl (C=O) groups excluding carboxylic acids is 2. The second kappa shape index (κ2) is 5.10. The van der Waals surface area contributed by atoms with E-state index in [1.807, 2.05) is 0 Å². The fraction of sp³-hybridized carbons (Fsp3) is 0.889. The fourth-order valence-electron chi connectivity index (χ4n) is 5.95. The predicted molar refractivity (Wildman–Crippen MR) is 80.3 cm³/mol. The first-order valence-corrected chi connectivity index (χ1v) is 9.06. The van der Waals surface area contributed by atoms with Crippen molar-refractivity contribution in [2.45, 2.75) is 58.3 Å². The molecule has 6 atom stereocenters. The Hall–Kier alpha value is -0.860. The lowest BCUT2D eigenvalue weighted by molar-refractivity contribution is -0.142. The third-order valence-electron chi connectivity index (χ3n) is 7.03. The summed E-state index contributed by atoms with van der Waals surface area (Å²) in [5.41, 5.74) is 0. The summed E-state index contributed by atoms with van der Waals surface area (Å²) in [6.07, 6.45) is 9.79. The molecule has 3 heteroatoms. The summed E-state index contributed by atoms with van der Waals surface area (Å²) >= 11 is 0. The van der Waals surface area contributed by atoms with Crippen LogP contribution in [0.25, 0.3) is 0 Å². The molecule has 3 saturated carbocycles. The van der Waals surface area contributed by atoms with Gasteiger partial charge in [-0.25, -0.2) is 0 Å². The molecule has 4 aliphatic rings. The van der Waals surface area contributed by atoms with Gasteiger partial charge in [0.25, 0.3) is 0 Å². The number of likely N-dealkylation sites (tertiary alicyclic amines) is 1. The number of hydrogen-bond donors (Lipinski definition) is 0. The second-order valence-electron chi connectivity index (χ2n) is 7.88. The normalized spacial score (nSPS) is 45.5. The molecule has 0 aromatic heterocycles. The summed E-state index contributed by atoms with van der Waals surface area (Å²) in [5, 5.41) is 0. The molecule has 0 aromatic carbocycles. The lowest BCUT2D eigenvalue weighted by atomic mass is 9.77. The van der Waals surface area contributed by atoms with Gasteiger partial charge in [0.2, 0.25) is 11.8 Å². The molecule has 0 radical (unpaired) electrons. The van der Waals surface area contributed by atoms with Crippen LogP contribution in [0.3, 0.4) is 0 Å². The molecule has 4 fully saturated rings. The van der Waals surface area contributed by atoms with E-state index in [1.165, 1.54) is 44.9 Å². The Morgan fingerprint density at radius 2 is 1.48 bits per heavy atom. The van der Waals surface area contributed by atoms with Crippen molar-refractivity contribution in [3.63, 3.8) is 0 Å². The topological polar surface area (TPSA) is 37.4 Å². The Morgan fingerprint density at radius 1 is 0.905 bits per heavy atom. The molecule has 2 bridgehead atoms. The van der Waals surface area contributed by atoms with E-state index in [9.17, 15) is 9.59 Å². The van der Waals surface area contributed by atoms with E-state index in [0.717, 1.165) is 18.9 Å². The average molecular weight is 289 g/mol. The first kappa shape index (κ1) is 13.8. The molecule has 4 rings (SSSR count). The molecule has 1 unspecified atom stereocenters. The van der Waals surface area contributed by atoms with E-state index >= 15 is 0 Å². The summed E-state index contributed by atoms with van der Waals surface area (Å²) in [5.74, 6) is 2.85. The van der Waals surface area contributed by atoms with Gasteiger partial charge in [0, 0.05) is 6.54 Å². The third kappa shape index (κ3) is 1.99. The van der Waals surface area contributed by atoms with Gasteiger partial charge >= 0.3 is 0 Å². The summed E-state index contributed by atoms with van der Waals surface area (Å²) < 4.78 is 0. The molecular weight excluding hydrogens is 262 g/mol. The van der Waals surface area contributed by atoms with Gasteiger partial charge in [-0.05, 0) is 49.4 Å². The van der Waals surface area contributed by atoms with E-state index in [0.29, 0.717) is 17.8 Å². The highest BCUT2D eigenvalue weighted by atomic mass is 16.2. The molecule has 0 N–H and O–H groups in total. The van der Waals surface area contributed by atoms with Crippen LogP contribution in [0, 0.1) is 35.5 Å². The zero-order chi connectivity index (χ0) is 14.6. The lowest BCUT2D eigenvalue weighted by Crippen LogP contribution is -2.39. The largest absolute Gasteiger partial charge is 0.282 e. The van der Waals surface area contributed by atoms with E-state index in [1.54, 1.807) is 4.90 Å². The maximum Gasteiger partial charge on any atom is 0.233 e. The number of hydrogen-bond acceptors (Lipinski definition) is 2. The average Bonchev–Trinajstić information content (AvgIpc) is 3.17. The van der Waals surface area contributed by atoms with Crippen LogP contribution in [-0.4, -0.2) is 23.3 Å². The molecule has 1 saturated heterocycles. The Balaban J connectivity index is 1.51. The van der Waals surface area contributed by atoms with Crippen LogP contribution in [0.15, 0.2) is 0 Å². The minimum absolute atomic E-state index is 0.0694. The van der Waals surface area contributed by atoms with Crippen molar-refractivity contribution in [1.29, 1.82) is 0 Å².